The molecule has 1 aliphatic heterocycles. The standard InChI is InChI=1S/C16H15F2N3O/c1-2-20-10-19-7-15(20)9-21-8-12(5-16(21)22)11-3-13(17)6-14(18)4-11/h2-4,6-7,10,12H,1,5,8-9H2/t12-/m0/s1. The highest BCUT2D eigenvalue weighted by molar-refractivity contribution is 5.79. The quantitative estimate of drug-likeness (QED) is 0.871. The number of rotatable bonds is 4. The lowest BCUT2D eigenvalue weighted by molar-refractivity contribution is -0.128. The van der Waals surface area contributed by atoms with Crippen molar-refractivity contribution in [2.45, 2.75) is 18.9 Å². The minimum absolute atomic E-state index is 0.0357. The molecule has 1 atom stereocenters. The average Bonchev–Trinajstić information content (AvgIpc) is 3.05. The second kappa shape index (κ2) is 5.71. The third-order valence-corrected chi connectivity index (χ3v) is 3.87. The highest BCUT2D eigenvalue weighted by Gasteiger charge is 2.31. The summed E-state index contributed by atoms with van der Waals surface area (Å²) < 4.78 is 28.4. The Labute approximate surface area is 126 Å². The fourth-order valence-electron chi connectivity index (χ4n) is 2.77. The van der Waals surface area contributed by atoms with Crippen LogP contribution in [0.1, 0.15) is 23.6 Å². The molecule has 1 saturated heterocycles. The van der Waals surface area contributed by atoms with E-state index in [0.29, 0.717) is 18.7 Å². The van der Waals surface area contributed by atoms with Gasteiger partial charge in [0.05, 0.1) is 24.8 Å². The number of aromatic nitrogens is 2. The largest absolute Gasteiger partial charge is 0.336 e. The van der Waals surface area contributed by atoms with Crippen LogP contribution in [0.25, 0.3) is 6.20 Å². The van der Waals surface area contributed by atoms with Crippen molar-refractivity contribution in [3.63, 3.8) is 0 Å². The molecule has 0 spiro atoms. The highest BCUT2D eigenvalue weighted by Crippen LogP contribution is 2.30. The molecular formula is C16H15F2N3O. The van der Waals surface area contributed by atoms with Crippen molar-refractivity contribution in [2.75, 3.05) is 6.54 Å². The van der Waals surface area contributed by atoms with E-state index < -0.39 is 11.6 Å². The van der Waals surface area contributed by atoms with E-state index in [9.17, 15) is 13.6 Å². The number of halogens is 2. The maximum atomic E-state index is 13.3. The van der Waals surface area contributed by atoms with E-state index in [1.165, 1.54) is 12.1 Å². The number of hydrogen-bond donors (Lipinski definition) is 0. The Hall–Kier alpha value is -2.50. The predicted molar refractivity (Wildman–Crippen MR) is 77.7 cm³/mol. The molecule has 3 rings (SSSR count). The van der Waals surface area contributed by atoms with Gasteiger partial charge in [0.2, 0.25) is 5.91 Å². The molecule has 1 aromatic carbocycles. The first-order chi connectivity index (χ1) is 10.6. The zero-order valence-corrected chi connectivity index (χ0v) is 11.9. The minimum atomic E-state index is -0.620. The van der Waals surface area contributed by atoms with Gasteiger partial charge in [0.25, 0.3) is 0 Å². The van der Waals surface area contributed by atoms with Crippen LogP contribution in [-0.2, 0) is 11.3 Å². The Morgan fingerprint density at radius 3 is 2.73 bits per heavy atom. The molecule has 0 saturated carbocycles. The van der Waals surface area contributed by atoms with Crippen LogP contribution in [0.5, 0.6) is 0 Å². The summed E-state index contributed by atoms with van der Waals surface area (Å²) in [4.78, 5) is 17.8. The first kappa shape index (κ1) is 14.4. The van der Waals surface area contributed by atoms with Crippen LogP contribution < -0.4 is 0 Å². The maximum Gasteiger partial charge on any atom is 0.223 e. The van der Waals surface area contributed by atoms with Gasteiger partial charge in [-0.15, -0.1) is 0 Å². The SMILES string of the molecule is C=Cn1cncc1CN1C[C@@H](c2cc(F)cc(F)c2)CC1=O. The van der Waals surface area contributed by atoms with Crippen molar-refractivity contribution in [1.29, 1.82) is 0 Å². The summed E-state index contributed by atoms with van der Waals surface area (Å²) in [5.74, 6) is -1.47. The molecule has 1 aliphatic rings. The summed E-state index contributed by atoms with van der Waals surface area (Å²) in [6.07, 6.45) is 5.15. The van der Waals surface area contributed by atoms with Crippen molar-refractivity contribution in [3.05, 3.63) is 60.2 Å². The van der Waals surface area contributed by atoms with Gasteiger partial charge >= 0.3 is 0 Å². The van der Waals surface area contributed by atoms with Crippen molar-refractivity contribution in [3.8, 4) is 0 Å². The average molecular weight is 303 g/mol. The van der Waals surface area contributed by atoms with Gasteiger partial charge in [0.15, 0.2) is 0 Å². The molecule has 4 nitrogen and oxygen atoms in total. The summed E-state index contributed by atoms with van der Waals surface area (Å²) in [6.45, 7) is 4.51. The molecule has 0 radical (unpaired) electrons. The predicted octanol–water partition coefficient (Wildman–Crippen LogP) is 2.78. The number of hydrogen-bond acceptors (Lipinski definition) is 2. The third-order valence-electron chi connectivity index (χ3n) is 3.87. The van der Waals surface area contributed by atoms with Gasteiger partial charge in [-0.05, 0) is 17.7 Å². The zero-order chi connectivity index (χ0) is 15.7. The Balaban J connectivity index is 1.77. The van der Waals surface area contributed by atoms with Gasteiger partial charge < -0.3 is 9.47 Å². The first-order valence-corrected chi connectivity index (χ1v) is 6.94. The molecule has 114 valence electrons. The fourth-order valence-corrected chi connectivity index (χ4v) is 2.77. The van der Waals surface area contributed by atoms with Gasteiger partial charge in [0.1, 0.15) is 11.6 Å². The van der Waals surface area contributed by atoms with Crippen molar-refractivity contribution in [1.82, 2.24) is 14.5 Å². The molecule has 0 unspecified atom stereocenters. The third kappa shape index (κ3) is 2.77. The van der Waals surface area contributed by atoms with E-state index in [1.54, 1.807) is 28.2 Å². The Morgan fingerprint density at radius 1 is 1.32 bits per heavy atom. The van der Waals surface area contributed by atoms with E-state index in [4.69, 9.17) is 0 Å². The van der Waals surface area contributed by atoms with Gasteiger partial charge in [-0.2, -0.15) is 0 Å². The molecule has 0 aliphatic carbocycles. The molecule has 6 heteroatoms. The Kier molecular flexibility index (Phi) is 3.75. The number of nitrogens with zero attached hydrogens (tertiary/aromatic N) is 3. The molecule has 22 heavy (non-hydrogen) atoms. The number of carbonyl (C=O) groups is 1. The van der Waals surface area contributed by atoms with E-state index in [-0.39, 0.29) is 18.2 Å². The topological polar surface area (TPSA) is 38.1 Å². The van der Waals surface area contributed by atoms with Crippen molar-refractivity contribution < 1.29 is 13.6 Å². The number of benzene rings is 1. The molecule has 1 aromatic heterocycles. The smallest absolute Gasteiger partial charge is 0.223 e. The minimum Gasteiger partial charge on any atom is -0.336 e. The number of likely N-dealkylation sites (tertiary alicyclic amines) is 1. The highest BCUT2D eigenvalue weighted by atomic mass is 19.1. The Morgan fingerprint density at radius 2 is 2.05 bits per heavy atom. The number of amides is 1. The van der Waals surface area contributed by atoms with Crippen LogP contribution in [0, 0.1) is 11.6 Å². The summed E-state index contributed by atoms with van der Waals surface area (Å²) in [7, 11) is 0. The monoisotopic (exact) mass is 303 g/mol. The summed E-state index contributed by atoms with van der Waals surface area (Å²) in [5.41, 5.74) is 1.36. The lowest BCUT2D eigenvalue weighted by Gasteiger charge is -2.17. The molecule has 2 heterocycles. The molecule has 0 N–H and O–H groups in total. The molecule has 0 bridgehead atoms. The second-order valence-corrected chi connectivity index (χ2v) is 5.35. The summed E-state index contributed by atoms with van der Waals surface area (Å²) >= 11 is 0. The number of carbonyl (C=O) groups excluding carboxylic acids is 1. The summed E-state index contributed by atoms with van der Waals surface area (Å²) in [6, 6.07) is 3.41. The van der Waals surface area contributed by atoms with Gasteiger partial charge in [-0.1, -0.05) is 6.58 Å². The second-order valence-electron chi connectivity index (χ2n) is 5.35. The van der Waals surface area contributed by atoms with Crippen LogP contribution in [0.3, 0.4) is 0 Å². The Bertz CT molecular complexity index is 706. The van der Waals surface area contributed by atoms with Crippen LogP contribution >= 0.6 is 0 Å². The van der Waals surface area contributed by atoms with Crippen LogP contribution in [0.15, 0.2) is 37.3 Å². The van der Waals surface area contributed by atoms with Crippen LogP contribution in [0.4, 0.5) is 8.78 Å². The van der Waals surface area contributed by atoms with E-state index in [2.05, 4.69) is 11.6 Å². The van der Waals surface area contributed by atoms with Crippen molar-refractivity contribution in [2.24, 2.45) is 0 Å². The van der Waals surface area contributed by atoms with Gasteiger partial charge in [-0.25, -0.2) is 13.8 Å². The lowest BCUT2D eigenvalue weighted by atomic mass is 9.98. The summed E-state index contributed by atoms with van der Waals surface area (Å²) in [5, 5.41) is 0. The number of imidazole rings is 1. The fraction of sp³-hybridized carbons (Fsp3) is 0.250. The van der Waals surface area contributed by atoms with Crippen LogP contribution in [-0.4, -0.2) is 26.9 Å². The maximum absolute atomic E-state index is 13.3. The van der Waals surface area contributed by atoms with Crippen molar-refractivity contribution >= 4 is 12.1 Å². The molecule has 1 amide bonds. The van der Waals surface area contributed by atoms with Gasteiger partial charge in [-0.3, -0.25) is 4.79 Å². The molecular weight excluding hydrogens is 288 g/mol. The van der Waals surface area contributed by atoms with Crippen LogP contribution in [0.2, 0.25) is 0 Å². The normalized spacial score (nSPS) is 18.0. The van der Waals surface area contributed by atoms with E-state index >= 15 is 0 Å². The molecule has 2 aromatic rings. The van der Waals surface area contributed by atoms with E-state index in [0.717, 1.165) is 11.8 Å². The zero-order valence-electron chi connectivity index (χ0n) is 11.9. The lowest BCUT2D eigenvalue weighted by Crippen LogP contribution is -2.25. The molecule has 1 fully saturated rings. The first-order valence-electron chi connectivity index (χ1n) is 6.94. The van der Waals surface area contributed by atoms with E-state index in [1.807, 2.05) is 0 Å². The van der Waals surface area contributed by atoms with Gasteiger partial charge in [0, 0.05) is 31.1 Å².